The van der Waals surface area contributed by atoms with Crippen LogP contribution in [0, 0.1) is 6.92 Å². The molecule has 2 aromatic rings. The molecule has 1 aliphatic heterocycles. The van der Waals surface area contributed by atoms with Crippen LogP contribution >= 0.6 is 0 Å². The van der Waals surface area contributed by atoms with Gasteiger partial charge >= 0.3 is 0 Å². The molecule has 0 bridgehead atoms. The lowest BCUT2D eigenvalue weighted by molar-refractivity contribution is 0.0626. The zero-order valence-electron chi connectivity index (χ0n) is 14.5. The highest BCUT2D eigenvalue weighted by atomic mass is 16.5. The number of imidazole rings is 1. The van der Waals surface area contributed by atoms with Crippen LogP contribution in [0.5, 0.6) is 5.75 Å². The highest BCUT2D eigenvalue weighted by Crippen LogP contribution is 2.15. The lowest BCUT2D eigenvalue weighted by Crippen LogP contribution is -2.48. The molecule has 1 aromatic carbocycles. The molecule has 2 heterocycles. The van der Waals surface area contributed by atoms with Gasteiger partial charge in [0, 0.05) is 51.5 Å². The largest absolute Gasteiger partial charge is 0.497 e. The number of benzene rings is 1. The summed E-state index contributed by atoms with van der Waals surface area (Å²) in [5.41, 5.74) is 1.92. The topological polar surface area (TPSA) is 50.6 Å². The maximum atomic E-state index is 12.6. The van der Waals surface area contributed by atoms with Gasteiger partial charge in [0.05, 0.1) is 12.8 Å². The van der Waals surface area contributed by atoms with Crippen LogP contribution in [0.2, 0.25) is 0 Å². The van der Waals surface area contributed by atoms with Crippen LogP contribution in [0.3, 0.4) is 0 Å². The minimum Gasteiger partial charge on any atom is -0.497 e. The Balaban J connectivity index is 1.56. The number of carbonyl (C=O) groups excluding carboxylic acids is 1. The molecule has 0 unspecified atom stereocenters. The predicted molar refractivity (Wildman–Crippen MR) is 92.1 cm³/mol. The van der Waals surface area contributed by atoms with E-state index in [9.17, 15) is 4.79 Å². The number of piperazine rings is 1. The van der Waals surface area contributed by atoms with Crippen LogP contribution in [0.4, 0.5) is 0 Å². The summed E-state index contributed by atoms with van der Waals surface area (Å²) < 4.78 is 7.26. The average Bonchev–Trinajstić information content (AvgIpc) is 2.94. The fourth-order valence-electron chi connectivity index (χ4n) is 2.95. The lowest BCUT2D eigenvalue weighted by atomic mass is 10.1. The molecule has 0 saturated carbocycles. The van der Waals surface area contributed by atoms with Crippen LogP contribution < -0.4 is 4.74 Å². The molecule has 1 amide bonds. The zero-order valence-corrected chi connectivity index (χ0v) is 14.5. The van der Waals surface area contributed by atoms with Crippen molar-refractivity contribution in [1.82, 2.24) is 19.4 Å². The van der Waals surface area contributed by atoms with Crippen molar-refractivity contribution < 1.29 is 9.53 Å². The Bertz CT molecular complexity index is 700. The number of amides is 1. The van der Waals surface area contributed by atoms with Gasteiger partial charge in [-0.25, -0.2) is 4.98 Å². The van der Waals surface area contributed by atoms with Crippen molar-refractivity contribution in [3.8, 4) is 5.75 Å². The van der Waals surface area contributed by atoms with Gasteiger partial charge in [-0.3, -0.25) is 9.69 Å². The summed E-state index contributed by atoms with van der Waals surface area (Å²) >= 11 is 0. The number of carbonyl (C=O) groups is 1. The van der Waals surface area contributed by atoms with E-state index < -0.39 is 0 Å². The summed E-state index contributed by atoms with van der Waals surface area (Å²) in [7, 11) is 3.67. The first-order valence-corrected chi connectivity index (χ1v) is 8.21. The van der Waals surface area contributed by atoms with Gasteiger partial charge in [0.1, 0.15) is 11.6 Å². The van der Waals surface area contributed by atoms with Crippen molar-refractivity contribution in [2.45, 2.75) is 13.5 Å². The van der Waals surface area contributed by atoms with Gasteiger partial charge in [-0.2, -0.15) is 0 Å². The molecule has 0 N–H and O–H groups in total. The first kappa shape index (κ1) is 16.5. The molecule has 6 nitrogen and oxygen atoms in total. The fourth-order valence-corrected chi connectivity index (χ4v) is 2.95. The Labute approximate surface area is 142 Å². The van der Waals surface area contributed by atoms with E-state index in [1.807, 2.05) is 49.3 Å². The fraction of sp³-hybridized carbons (Fsp3) is 0.444. The van der Waals surface area contributed by atoms with Gasteiger partial charge in [0.15, 0.2) is 0 Å². The monoisotopic (exact) mass is 328 g/mol. The van der Waals surface area contributed by atoms with Crippen molar-refractivity contribution in [3.63, 3.8) is 0 Å². The van der Waals surface area contributed by atoms with E-state index in [1.165, 1.54) is 5.69 Å². The minimum absolute atomic E-state index is 0.0914. The predicted octanol–water partition coefficient (Wildman–Crippen LogP) is 1.70. The Morgan fingerprint density at radius 1 is 1.17 bits per heavy atom. The second-order valence-electron chi connectivity index (χ2n) is 6.15. The molecule has 0 spiro atoms. The quantitative estimate of drug-likeness (QED) is 0.857. The third kappa shape index (κ3) is 3.43. The molecule has 3 rings (SSSR count). The Morgan fingerprint density at radius 3 is 2.38 bits per heavy atom. The first-order valence-electron chi connectivity index (χ1n) is 8.21. The number of rotatable bonds is 4. The van der Waals surface area contributed by atoms with Crippen molar-refractivity contribution in [2.75, 3.05) is 33.3 Å². The third-order valence-corrected chi connectivity index (χ3v) is 4.70. The van der Waals surface area contributed by atoms with E-state index in [4.69, 9.17) is 4.74 Å². The number of hydrogen-bond donors (Lipinski definition) is 0. The SMILES string of the molecule is COc1ccc(C(=O)N2CCN(Cc3cnc(C)n3C)CC2)cc1. The third-order valence-electron chi connectivity index (χ3n) is 4.70. The molecule has 0 aliphatic carbocycles. The van der Waals surface area contributed by atoms with Gasteiger partial charge in [0.2, 0.25) is 0 Å². The van der Waals surface area contributed by atoms with E-state index in [0.29, 0.717) is 5.56 Å². The Hall–Kier alpha value is -2.34. The molecular formula is C18H24N4O2. The van der Waals surface area contributed by atoms with E-state index in [0.717, 1.165) is 44.3 Å². The molecule has 0 radical (unpaired) electrons. The summed E-state index contributed by atoms with van der Waals surface area (Å²) in [6.07, 6.45) is 1.93. The van der Waals surface area contributed by atoms with Crippen LogP contribution in [-0.2, 0) is 13.6 Å². The molecule has 1 fully saturated rings. The van der Waals surface area contributed by atoms with Crippen molar-refractivity contribution >= 4 is 5.91 Å². The smallest absolute Gasteiger partial charge is 0.253 e. The van der Waals surface area contributed by atoms with Crippen molar-refractivity contribution in [1.29, 1.82) is 0 Å². The number of aromatic nitrogens is 2. The maximum absolute atomic E-state index is 12.6. The maximum Gasteiger partial charge on any atom is 0.253 e. The van der Waals surface area contributed by atoms with Crippen LogP contribution in [-0.4, -0.2) is 58.5 Å². The number of aryl methyl sites for hydroxylation is 1. The van der Waals surface area contributed by atoms with Crippen molar-refractivity contribution in [2.24, 2.45) is 7.05 Å². The van der Waals surface area contributed by atoms with Crippen LogP contribution in [0.1, 0.15) is 21.9 Å². The second kappa shape index (κ2) is 7.05. The van der Waals surface area contributed by atoms with E-state index in [-0.39, 0.29) is 5.91 Å². The molecular weight excluding hydrogens is 304 g/mol. The standard InChI is InChI=1S/C18H24N4O2/c1-14-19-12-16(20(14)2)13-21-8-10-22(11-9-21)18(23)15-4-6-17(24-3)7-5-15/h4-7,12H,8-11,13H2,1-3H3. The Morgan fingerprint density at radius 2 is 1.83 bits per heavy atom. The summed E-state index contributed by atoms with van der Waals surface area (Å²) in [6.45, 7) is 6.15. The molecule has 0 atom stereocenters. The highest BCUT2D eigenvalue weighted by Gasteiger charge is 2.22. The average molecular weight is 328 g/mol. The molecule has 1 aromatic heterocycles. The summed E-state index contributed by atoms with van der Waals surface area (Å²) in [4.78, 5) is 21.2. The summed E-state index contributed by atoms with van der Waals surface area (Å²) in [5, 5.41) is 0. The molecule has 6 heteroatoms. The number of nitrogens with zero attached hydrogens (tertiary/aromatic N) is 4. The highest BCUT2D eigenvalue weighted by molar-refractivity contribution is 5.94. The number of ether oxygens (including phenoxy) is 1. The summed E-state index contributed by atoms with van der Waals surface area (Å²) in [6, 6.07) is 7.31. The minimum atomic E-state index is 0.0914. The first-order chi connectivity index (χ1) is 11.6. The number of hydrogen-bond acceptors (Lipinski definition) is 4. The zero-order chi connectivity index (χ0) is 17.1. The van der Waals surface area contributed by atoms with Crippen molar-refractivity contribution in [3.05, 3.63) is 47.5 Å². The summed E-state index contributed by atoms with van der Waals surface area (Å²) in [5.74, 6) is 1.88. The van der Waals surface area contributed by atoms with Gasteiger partial charge in [-0.05, 0) is 31.2 Å². The molecule has 1 aliphatic rings. The van der Waals surface area contributed by atoms with Gasteiger partial charge < -0.3 is 14.2 Å². The van der Waals surface area contributed by atoms with E-state index in [2.05, 4.69) is 14.5 Å². The number of methoxy groups -OCH3 is 1. The van der Waals surface area contributed by atoms with Gasteiger partial charge in [-0.1, -0.05) is 0 Å². The van der Waals surface area contributed by atoms with E-state index >= 15 is 0 Å². The lowest BCUT2D eigenvalue weighted by Gasteiger charge is -2.34. The molecule has 128 valence electrons. The van der Waals surface area contributed by atoms with Crippen LogP contribution in [0.25, 0.3) is 0 Å². The Kier molecular flexibility index (Phi) is 4.85. The normalized spacial score (nSPS) is 15.5. The van der Waals surface area contributed by atoms with E-state index in [1.54, 1.807) is 7.11 Å². The van der Waals surface area contributed by atoms with Gasteiger partial charge in [-0.15, -0.1) is 0 Å². The van der Waals surface area contributed by atoms with Crippen LogP contribution in [0.15, 0.2) is 30.5 Å². The molecule has 1 saturated heterocycles. The molecule has 24 heavy (non-hydrogen) atoms. The van der Waals surface area contributed by atoms with Gasteiger partial charge in [0.25, 0.3) is 5.91 Å². The second-order valence-corrected chi connectivity index (χ2v) is 6.15.